The van der Waals surface area contributed by atoms with Gasteiger partial charge in [0, 0.05) is 55.4 Å². The van der Waals surface area contributed by atoms with Gasteiger partial charge in [-0.1, -0.05) is 23.7 Å². The molecule has 2 aromatic rings. The molecule has 1 saturated heterocycles. The van der Waals surface area contributed by atoms with Crippen LogP contribution in [0.5, 0.6) is 0 Å². The van der Waals surface area contributed by atoms with Gasteiger partial charge in [0.25, 0.3) is 0 Å². The number of ether oxygens (including phenoxy) is 1. The van der Waals surface area contributed by atoms with Gasteiger partial charge in [0.15, 0.2) is 0 Å². The van der Waals surface area contributed by atoms with E-state index >= 15 is 0 Å². The van der Waals surface area contributed by atoms with E-state index < -0.39 is 0 Å². The van der Waals surface area contributed by atoms with E-state index in [1.165, 1.54) is 0 Å². The highest BCUT2D eigenvalue weighted by Gasteiger charge is 2.15. The topological polar surface area (TPSA) is 79.0 Å². The lowest BCUT2D eigenvalue weighted by molar-refractivity contribution is -0.145. The van der Waals surface area contributed by atoms with Crippen molar-refractivity contribution in [2.45, 2.75) is 25.9 Å². The molecule has 8 heteroatoms. The van der Waals surface area contributed by atoms with Crippen LogP contribution in [0.2, 0.25) is 5.02 Å². The maximum Gasteiger partial charge on any atom is 0.306 e. The van der Waals surface area contributed by atoms with E-state index in [0.717, 1.165) is 30.8 Å². The number of amides is 2. The van der Waals surface area contributed by atoms with E-state index in [1.54, 1.807) is 29.2 Å². The molecular weight excluding hydrogens is 418 g/mol. The normalized spacial score (nSPS) is 13.6. The molecule has 3 rings (SSSR count). The molecular formula is C23H26ClN3O4. The first kappa shape index (κ1) is 22.6. The van der Waals surface area contributed by atoms with Crippen molar-refractivity contribution in [3.8, 4) is 0 Å². The maximum atomic E-state index is 12.1. The quantitative estimate of drug-likeness (QED) is 0.474. The minimum atomic E-state index is -0.332. The largest absolute Gasteiger partial charge is 0.461 e. The summed E-state index contributed by atoms with van der Waals surface area (Å²) in [6, 6.07) is 14.7. The lowest BCUT2D eigenvalue weighted by Crippen LogP contribution is -2.45. The molecule has 0 saturated carbocycles. The van der Waals surface area contributed by atoms with E-state index in [9.17, 15) is 14.4 Å². The zero-order valence-electron chi connectivity index (χ0n) is 17.3. The predicted molar refractivity (Wildman–Crippen MR) is 120 cm³/mol. The highest BCUT2D eigenvalue weighted by atomic mass is 35.5. The van der Waals surface area contributed by atoms with Crippen molar-refractivity contribution >= 4 is 41.3 Å². The second kappa shape index (κ2) is 11.4. The van der Waals surface area contributed by atoms with E-state index in [4.69, 9.17) is 16.3 Å². The van der Waals surface area contributed by atoms with Crippen molar-refractivity contribution in [2.24, 2.45) is 0 Å². The third kappa shape index (κ3) is 7.29. The monoisotopic (exact) mass is 443 g/mol. The Labute approximate surface area is 186 Å². The molecule has 0 atom stereocenters. The van der Waals surface area contributed by atoms with Crippen LogP contribution >= 0.6 is 11.6 Å². The van der Waals surface area contributed by atoms with Gasteiger partial charge in [0.2, 0.25) is 12.3 Å². The molecule has 0 bridgehead atoms. The van der Waals surface area contributed by atoms with Crippen LogP contribution in [0, 0.1) is 0 Å². The van der Waals surface area contributed by atoms with Crippen LogP contribution in [-0.2, 0) is 25.7 Å². The number of rotatable bonds is 9. The number of piperazine rings is 1. The molecule has 1 fully saturated rings. The molecule has 0 spiro atoms. The Morgan fingerprint density at radius 3 is 2.29 bits per heavy atom. The summed E-state index contributed by atoms with van der Waals surface area (Å²) in [5, 5.41) is 3.48. The zero-order valence-corrected chi connectivity index (χ0v) is 18.0. The number of carbonyl (C=O) groups excluding carboxylic acids is 3. The van der Waals surface area contributed by atoms with Crippen molar-refractivity contribution in [2.75, 3.05) is 36.4 Å². The molecule has 0 radical (unpaired) electrons. The van der Waals surface area contributed by atoms with Gasteiger partial charge in [-0.2, -0.15) is 0 Å². The Kier molecular flexibility index (Phi) is 8.29. The average molecular weight is 444 g/mol. The second-order valence-corrected chi connectivity index (χ2v) is 7.80. The Bertz CT molecular complexity index is 879. The number of halogens is 1. The van der Waals surface area contributed by atoms with Crippen LogP contribution in [0.3, 0.4) is 0 Å². The summed E-state index contributed by atoms with van der Waals surface area (Å²) in [7, 11) is 0. The van der Waals surface area contributed by atoms with Crippen LogP contribution in [-0.4, -0.2) is 49.4 Å². The zero-order chi connectivity index (χ0) is 22.1. The molecule has 1 heterocycles. The summed E-state index contributed by atoms with van der Waals surface area (Å²) in [5.41, 5.74) is 2.64. The molecule has 164 valence electrons. The van der Waals surface area contributed by atoms with E-state index in [0.29, 0.717) is 30.2 Å². The Hall–Kier alpha value is -3.06. The minimum Gasteiger partial charge on any atom is -0.461 e. The van der Waals surface area contributed by atoms with Gasteiger partial charge in [-0.15, -0.1) is 0 Å². The van der Waals surface area contributed by atoms with E-state index in [-0.39, 0.29) is 31.3 Å². The van der Waals surface area contributed by atoms with Crippen molar-refractivity contribution in [3.05, 3.63) is 59.1 Å². The number of carbonyl (C=O) groups is 3. The molecule has 0 unspecified atom stereocenters. The number of esters is 1. The third-order valence-corrected chi connectivity index (χ3v) is 5.33. The standard InChI is InChI=1S/C23H26ClN3O4/c24-19-6-4-18(5-7-19)16-31-23(30)3-1-2-22(29)25-20-8-10-21(11-9-20)27-14-12-26(17-28)13-15-27/h4-11,17H,1-3,12-16H2,(H,25,29). The Balaban J connectivity index is 1.34. The van der Waals surface area contributed by atoms with Gasteiger partial charge < -0.3 is 19.9 Å². The van der Waals surface area contributed by atoms with Gasteiger partial charge in [-0.05, 0) is 48.4 Å². The van der Waals surface area contributed by atoms with E-state index in [2.05, 4.69) is 10.2 Å². The summed E-state index contributed by atoms with van der Waals surface area (Å²) in [6.07, 6.45) is 1.73. The molecule has 2 aromatic carbocycles. The fourth-order valence-corrected chi connectivity index (χ4v) is 3.40. The lowest BCUT2D eigenvalue weighted by Gasteiger charge is -2.34. The number of hydrogen-bond donors (Lipinski definition) is 1. The van der Waals surface area contributed by atoms with Crippen LogP contribution in [0.25, 0.3) is 0 Å². The molecule has 2 amide bonds. The summed E-state index contributed by atoms with van der Waals surface area (Å²) < 4.78 is 5.21. The summed E-state index contributed by atoms with van der Waals surface area (Å²) in [6.45, 7) is 3.20. The summed E-state index contributed by atoms with van der Waals surface area (Å²) >= 11 is 5.82. The van der Waals surface area contributed by atoms with Gasteiger partial charge in [0.1, 0.15) is 6.61 Å². The number of nitrogens with one attached hydrogen (secondary N) is 1. The molecule has 1 N–H and O–H groups in total. The molecule has 0 aliphatic carbocycles. The van der Waals surface area contributed by atoms with Crippen LogP contribution < -0.4 is 10.2 Å². The predicted octanol–water partition coefficient (Wildman–Crippen LogP) is 3.47. The number of benzene rings is 2. The maximum absolute atomic E-state index is 12.1. The van der Waals surface area contributed by atoms with Crippen molar-refractivity contribution in [3.63, 3.8) is 0 Å². The third-order valence-electron chi connectivity index (χ3n) is 5.08. The average Bonchev–Trinajstić information content (AvgIpc) is 2.79. The lowest BCUT2D eigenvalue weighted by atomic mass is 10.2. The van der Waals surface area contributed by atoms with Gasteiger partial charge in [-0.25, -0.2) is 0 Å². The fraction of sp³-hybridized carbons (Fsp3) is 0.348. The van der Waals surface area contributed by atoms with Crippen molar-refractivity contribution < 1.29 is 19.1 Å². The highest BCUT2D eigenvalue weighted by Crippen LogP contribution is 2.19. The van der Waals surface area contributed by atoms with Crippen molar-refractivity contribution in [1.29, 1.82) is 0 Å². The fourth-order valence-electron chi connectivity index (χ4n) is 3.27. The molecule has 7 nitrogen and oxygen atoms in total. The van der Waals surface area contributed by atoms with Gasteiger partial charge >= 0.3 is 5.97 Å². The first-order valence-corrected chi connectivity index (χ1v) is 10.7. The van der Waals surface area contributed by atoms with Crippen LogP contribution in [0.4, 0.5) is 11.4 Å². The highest BCUT2D eigenvalue weighted by molar-refractivity contribution is 6.30. The minimum absolute atomic E-state index is 0.141. The molecule has 1 aliphatic rings. The summed E-state index contributed by atoms with van der Waals surface area (Å²) in [4.78, 5) is 38.8. The van der Waals surface area contributed by atoms with Crippen LogP contribution in [0.1, 0.15) is 24.8 Å². The number of hydrogen-bond acceptors (Lipinski definition) is 5. The van der Waals surface area contributed by atoms with Gasteiger partial charge in [-0.3, -0.25) is 14.4 Å². The first-order chi connectivity index (χ1) is 15.0. The Morgan fingerprint density at radius 1 is 0.968 bits per heavy atom. The molecule has 0 aromatic heterocycles. The van der Waals surface area contributed by atoms with E-state index in [1.807, 2.05) is 24.3 Å². The number of anilines is 2. The molecule has 31 heavy (non-hydrogen) atoms. The van der Waals surface area contributed by atoms with Crippen LogP contribution in [0.15, 0.2) is 48.5 Å². The Morgan fingerprint density at radius 2 is 1.65 bits per heavy atom. The number of nitrogens with zero attached hydrogens (tertiary/aromatic N) is 2. The van der Waals surface area contributed by atoms with Gasteiger partial charge in [0.05, 0.1) is 0 Å². The second-order valence-electron chi connectivity index (χ2n) is 7.36. The summed E-state index contributed by atoms with van der Waals surface area (Å²) in [5.74, 6) is -0.473. The SMILES string of the molecule is O=CN1CCN(c2ccc(NC(=O)CCCC(=O)OCc3ccc(Cl)cc3)cc2)CC1. The van der Waals surface area contributed by atoms with Crippen molar-refractivity contribution in [1.82, 2.24) is 4.90 Å². The smallest absolute Gasteiger partial charge is 0.306 e. The molecule has 1 aliphatic heterocycles. The first-order valence-electron chi connectivity index (χ1n) is 10.3.